The van der Waals surface area contributed by atoms with Gasteiger partial charge >= 0.3 is 0 Å². The number of aliphatic hydroxyl groups excluding tert-OH is 1. The molecule has 0 fully saturated rings. The minimum absolute atomic E-state index is 0.0118. The zero-order valence-electron chi connectivity index (χ0n) is 11.9. The lowest BCUT2D eigenvalue weighted by atomic mass is 9.76. The zero-order chi connectivity index (χ0) is 14.0. The van der Waals surface area contributed by atoms with E-state index in [4.69, 9.17) is 5.11 Å². The molecule has 1 aromatic rings. The van der Waals surface area contributed by atoms with Crippen LogP contribution in [0.25, 0.3) is 0 Å². The summed E-state index contributed by atoms with van der Waals surface area (Å²) >= 11 is 0. The maximum absolute atomic E-state index is 12.3. The van der Waals surface area contributed by atoms with Crippen LogP contribution in [0.5, 0.6) is 0 Å². The molecule has 0 saturated heterocycles. The molecule has 0 saturated carbocycles. The van der Waals surface area contributed by atoms with Gasteiger partial charge in [-0.25, -0.2) is 0 Å². The summed E-state index contributed by atoms with van der Waals surface area (Å²) in [6.45, 7) is 6.36. The second kappa shape index (κ2) is 5.33. The lowest BCUT2D eigenvalue weighted by molar-refractivity contribution is -0.124. The van der Waals surface area contributed by atoms with Crippen molar-refractivity contribution < 1.29 is 9.90 Å². The van der Waals surface area contributed by atoms with Gasteiger partial charge in [-0.3, -0.25) is 4.79 Å². The van der Waals surface area contributed by atoms with Gasteiger partial charge in [-0.1, -0.05) is 45.0 Å². The van der Waals surface area contributed by atoms with E-state index in [9.17, 15) is 4.79 Å². The van der Waals surface area contributed by atoms with Crippen molar-refractivity contribution in [2.45, 2.75) is 45.6 Å². The molecule has 1 amide bonds. The summed E-state index contributed by atoms with van der Waals surface area (Å²) in [5.74, 6) is 0.0758. The molecule has 0 aromatic heterocycles. The molecule has 0 bridgehead atoms. The van der Waals surface area contributed by atoms with Gasteiger partial charge in [0, 0.05) is 12.6 Å². The molecule has 2 atom stereocenters. The highest BCUT2D eigenvalue weighted by atomic mass is 16.3. The molecule has 3 nitrogen and oxygen atoms in total. The van der Waals surface area contributed by atoms with E-state index in [1.165, 1.54) is 5.56 Å². The largest absolute Gasteiger partial charge is 0.396 e. The lowest BCUT2D eigenvalue weighted by Gasteiger charge is -2.35. The number of hydrogen-bond acceptors (Lipinski definition) is 2. The quantitative estimate of drug-likeness (QED) is 0.873. The Bertz CT molecular complexity index is 462. The molecule has 0 spiro atoms. The Labute approximate surface area is 115 Å². The molecule has 2 rings (SSSR count). The van der Waals surface area contributed by atoms with Gasteiger partial charge in [0.25, 0.3) is 0 Å². The van der Waals surface area contributed by atoms with Crippen LogP contribution in [0.4, 0.5) is 0 Å². The fraction of sp³-hybridized carbons (Fsp3) is 0.562. The summed E-state index contributed by atoms with van der Waals surface area (Å²) in [6.07, 6.45) is 1.43. The number of amides is 1. The smallest absolute Gasteiger partial charge is 0.228 e. The van der Waals surface area contributed by atoms with Crippen molar-refractivity contribution in [2.24, 2.45) is 5.41 Å². The standard InChI is InChI=1S/C16H23NO2/c1-16(2,3)14(8-9-18)17-15(19)13-10-11-6-4-5-7-12(11)13/h4-7,13-14,18H,8-10H2,1-3H3,(H,17,19). The third kappa shape index (κ3) is 2.98. The van der Waals surface area contributed by atoms with Crippen LogP contribution in [-0.4, -0.2) is 23.7 Å². The highest BCUT2D eigenvalue weighted by Crippen LogP contribution is 2.35. The van der Waals surface area contributed by atoms with Crippen LogP contribution in [-0.2, 0) is 11.2 Å². The number of hydrogen-bond donors (Lipinski definition) is 2. The molecule has 0 aliphatic heterocycles. The number of aliphatic hydroxyl groups is 1. The Balaban J connectivity index is 2.02. The van der Waals surface area contributed by atoms with Crippen LogP contribution in [0.2, 0.25) is 0 Å². The van der Waals surface area contributed by atoms with Gasteiger partial charge in [0.2, 0.25) is 5.91 Å². The molecular formula is C16H23NO2. The lowest BCUT2D eigenvalue weighted by Crippen LogP contribution is -2.47. The molecule has 3 heteroatoms. The number of rotatable bonds is 4. The Hall–Kier alpha value is -1.35. The molecule has 1 aromatic carbocycles. The molecular weight excluding hydrogens is 238 g/mol. The minimum atomic E-state index is -0.0400. The van der Waals surface area contributed by atoms with Crippen molar-refractivity contribution in [3.63, 3.8) is 0 Å². The van der Waals surface area contributed by atoms with Gasteiger partial charge < -0.3 is 10.4 Å². The topological polar surface area (TPSA) is 49.3 Å². The first kappa shape index (κ1) is 14.1. The van der Waals surface area contributed by atoms with Gasteiger partial charge in [0.15, 0.2) is 0 Å². The van der Waals surface area contributed by atoms with Crippen molar-refractivity contribution in [3.05, 3.63) is 35.4 Å². The van der Waals surface area contributed by atoms with Crippen LogP contribution in [0, 0.1) is 5.41 Å². The van der Waals surface area contributed by atoms with Gasteiger partial charge in [-0.2, -0.15) is 0 Å². The first-order chi connectivity index (χ1) is 8.93. The summed E-state index contributed by atoms with van der Waals surface area (Å²) in [5.41, 5.74) is 2.38. The van der Waals surface area contributed by atoms with Crippen LogP contribution in [0.3, 0.4) is 0 Å². The summed E-state index contributed by atoms with van der Waals surface area (Å²) < 4.78 is 0. The van der Waals surface area contributed by atoms with E-state index in [1.54, 1.807) is 0 Å². The highest BCUT2D eigenvalue weighted by molar-refractivity contribution is 5.87. The van der Waals surface area contributed by atoms with Crippen molar-refractivity contribution in [1.82, 2.24) is 5.32 Å². The number of carbonyl (C=O) groups excluding carboxylic acids is 1. The van der Waals surface area contributed by atoms with Gasteiger partial charge in [0.1, 0.15) is 0 Å². The van der Waals surface area contributed by atoms with E-state index in [1.807, 2.05) is 18.2 Å². The minimum Gasteiger partial charge on any atom is -0.396 e. The molecule has 0 radical (unpaired) electrons. The van der Waals surface area contributed by atoms with Crippen LogP contribution < -0.4 is 5.32 Å². The molecule has 19 heavy (non-hydrogen) atoms. The monoisotopic (exact) mass is 261 g/mol. The van der Waals surface area contributed by atoms with Crippen molar-refractivity contribution in [1.29, 1.82) is 0 Å². The maximum atomic E-state index is 12.3. The second-order valence-corrected chi connectivity index (χ2v) is 6.40. The summed E-state index contributed by atoms with van der Waals surface area (Å²) in [7, 11) is 0. The summed E-state index contributed by atoms with van der Waals surface area (Å²) in [4.78, 5) is 12.3. The van der Waals surface area contributed by atoms with Gasteiger partial charge in [-0.05, 0) is 29.4 Å². The van der Waals surface area contributed by atoms with E-state index in [2.05, 4.69) is 32.2 Å². The zero-order valence-corrected chi connectivity index (χ0v) is 11.9. The SMILES string of the molecule is CC(C)(C)C(CCO)NC(=O)C1Cc2ccccc21. The molecule has 104 valence electrons. The summed E-state index contributed by atoms with van der Waals surface area (Å²) in [6, 6.07) is 8.11. The predicted octanol–water partition coefficient (Wildman–Crippen LogP) is 2.24. The average Bonchev–Trinajstić information content (AvgIpc) is 2.29. The molecule has 0 heterocycles. The molecule has 2 N–H and O–H groups in total. The van der Waals surface area contributed by atoms with E-state index in [0.717, 1.165) is 12.0 Å². The fourth-order valence-corrected chi connectivity index (χ4v) is 2.62. The Morgan fingerprint density at radius 3 is 2.68 bits per heavy atom. The van der Waals surface area contributed by atoms with Crippen molar-refractivity contribution in [3.8, 4) is 0 Å². The number of carbonyl (C=O) groups is 1. The van der Waals surface area contributed by atoms with Gasteiger partial charge in [0.05, 0.1) is 5.92 Å². The first-order valence-electron chi connectivity index (χ1n) is 6.92. The summed E-state index contributed by atoms with van der Waals surface area (Å²) in [5, 5.41) is 12.2. The van der Waals surface area contributed by atoms with Crippen LogP contribution in [0.15, 0.2) is 24.3 Å². The third-order valence-corrected chi connectivity index (χ3v) is 3.95. The molecule has 1 aliphatic carbocycles. The first-order valence-corrected chi connectivity index (χ1v) is 6.92. The number of fused-ring (bicyclic) bond motifs is 1. The fourth-order valence-electron chi connectivity index (χ4n) is 2.62. The Morgan fingerprint density at radius 1 is 1.42 bits per heavy atom. The Morgan fingerprint density at radius 2 is 2.11 bits per heavy atom. The highest BCUT2D eigenvalue weighted by Gasteiger charge is 2.34. The second-order valence-electron chi connectivity index (χ2n) is 6.40. The normalized spacial score (nSPS) is 19.3. The number of benzene rings is 1. The molecule has 2 unspecified atom stereocenters. The predicted molar refractivity (Wildman–Crippen MR) is 76.0 cm³/mol. The number of nitrogens with one attached hydrogen (secondary N) is 1. The average molecular weight is 261 g/mol. The van der Waals surface area contributed by atoms with Crippen LogP contribution in [0.1, 0.15) is 44.2 Å². The van der Waals surface area contributed by atoms with Crippen LogP contribution >= 0.6 is 0 Å². The van der Waals surface area contributed by atoms with Crippen molar-refractivity contribution in [2.75, 3.05) is 6.61 Å². The molecule has 1 aliphatic rings. The van der Waals surface area contributed by atoms with Gasteiger partial charge in [-0.15, -0.1) is 0 Å². The maximum Gasteiger partial charge on any atom is 0.228 e. The Kier molecular flexibility index (Phi) is 3.95. The van der Waals surface area contributed by atoms with E-state index >= 15 is 0 Å². The van der Waals surface area contributed by atoms with E-state index in [-0.39, 0.29) is 29.9 Å². The van der Waals surface area contributed by atoms with E-state index < -0.39 is 0 Å². The van der Waals surface area contributed by atoms with E-state index in [0.29, 0.717) is 6.42 Å². The van der Waals surface area contributed by atoms with Crippen molar-refractivity contribution >= 4 is 5.91 Å². The third-order valence-electron chi connectivity index (χ3n) is 3.95.